The Bertz CT molecular complexity index is 406. The monoisotopic (exact) mass is 238 g/mol. The lowest BCUT2D eigenvalue weighted by Crippen LogP contribution is -2.55. The third kappa shape index (κ3) is 2.05. The number of aliphatic hydroxyl groups excluding tert-OH is 1. The van der Waals surface area contributed by atoms with Crippen LogP contribution in [0.5, 0.6) is 0 Å². The van der Waals surface area contributed by atoms with Gasteiger partial charge >= 0.3 is 0 Å². The van der Waals surface area contributed by atoms with E-state index in [1.807, 2.05) is 5.92 Å². The minimum atomic E-state index is -2.26. The van der Waals surface area contributed by atoms with Crippen molar-refractivity contribution in [1.82, 2.24) is 0 Å². The van der Waals surface area contributed by atoms with Gasteiger partial charge in [-0.05, 0) is 19.4 Å². The molecule has 4 atom stereocenters. The molecule has 1 heterocycles. The minimum Gasteiger partial charge on any atom is -0.394 e. The van der Waals surface area contributed by atoms with Crippen molar-refractivity contribution in [3.05, 3.63) is 17.4 Å². The molecule has 5 heteroatoms. The van der Waals surface area contributed by atoms with E-state index in [1.165, 1.54) is 7.85 Å². The van der Waals surface area contributed by atoms with Gasteiger partial charge in [0.1, 0.15) is 14.0 Å². The van der Waals surface area contributed by atoms with Gasteiger partial charge in [0, 0.05) is 6.08 Å². The van der Waals surface area contributed by atoms with Crippen molar-refractivity contribution < 1.29 is 19.3 Å². The first kappa shape index (κ1) is 14.0. The standard InChI is InChI=1S/C12H16BFO3/c1-4-12(16)9(7-15)17-10(13)11(12,14)6-5-8(2)3/h1,6,9-10,15-16H,7,13H2,2-3H3/t9-,10-,11?,12+/m1/s1. The molecule has 1 aliphatic rings. The molecule has 3 nitrogen and oxygen atoms in total. The molecule has 2 N–H and O–H groups in total. The van der Waals surface area contributed by atoms with Crippen molar-refractivity contribution in [3.63, 3.8) is 0 Å². The van der Waals surface area contributed by atoms with E-state index in [0.29, 0.717) is 0 Å². The van der Waals surface area contributed by atoms with Gasteiger partial charge in [0.05, 0.1) is 12.6 Å². The number of rotatable bonds is 2. The lowest BCUT2D eigenvalue weighted by atomic mass is 9.74. The predicted molar refractivity (Wildman–Crippen MR) is 64.9 cm³/mol. The Balaban J connectivity index is 3.30. The summed E-state index contributed by atoms with van der Waals surface area (Å²) in [5.41, 5.74) is -0.992. The molecule has 1 saturated heterocycles. The quantitative estimate of drug-likeness (QED) is 0.388. The molecule has 92 valence electrons. The van der Waals surface area contributed by atoms with Crippen molar-refractivity contribution in [1.29, 1.82) is 0 Å². The molecule has 0 radical (unpaired) electrons. The Labute approximate surface area is 101 Å². The van der Waals surface area contributed by atoms with Gasteiger partial charge in [-0.15, -0.1) is 12.2 Å². The van der Waals surface area contributed by atoms with Crippen molar-refractivity contribution in [2.45, 2.75) is 37.2 Å². The van der Waals surface area contributed by atoms with Crippen LogP contribution in [0.2, 0.25) is 0 Å². The highest BCUT2D eigenvalue weighted by Crippen LogP contribution is 2.42. The molecule has 0 aliphatic carbocycles. The fourth-order valence-corrected chi connectivity index (χ4v) is 1.86. The van der Waals surface area contributed by atoms with Crippen LogP contribution in [0.4, 0.5) is 4.39 Å². The zero-order chi connectivity index (χ0) is 13.3. The summed E-state index contributed by atoms with van der Waals surface area (Å²) in [4.78, 5) is 0. The second kappa shape index (κ2) is 4.68. The Hall–Kier alpha value is -1.05. The Morgan fingerprint density at radius 2 is 2.24 bits per heavy atom. The van der Waals surface area contributed by atoms with Gasteiger partial charge in [0.15, 0.2) is 11.3 Å². The molecule has 0 bridgehead atoms. The van der Waals surface area contributed by atoms with Gasteiger partial charge in [-0.2, -0.15) is 0 Å². The molecular formula is C12H16BFO3. The second-order valence-corrected chi connectivity index (χ2v) is 4.42. The number of terminal acetylenes is 1. The highest BCUT2D eigenvalue weighted by molar-refractivity contribution is 6.12. The number of halogens is 1. The molecule has 0 aromatic carbocycles. The molecule has 1 aliphatic heterocycles. The first-order chi connectivity index (χ1) is 7.81. The summed E-state index contributed by atoms with van der Waals surface area (Å²) in [6.45, 7) is 2.96. The molecule has 0 amide bonds. The van der Waals surface area contributed by atoms with E-state index in [1.54, 1.807) is 13.8 Å². The molecule has 1 fully saturated rings. The zero-order valence-corrected chi connectivity index (χ0v) is 10.2. The molecule has 1 unspecified atom stereocenters. The summed E-state index contributed by atoms with van der Waals surface area (Å²) >= 11 is 0. The third-order valence-electron chi connectivity index (χ3n) is 2.97. The normalized spacial score (nSPS) is 40.5. The number of hydrogen-bond acceptors (Lipinski definition) is 3. The molecule has 0 spiro atoms. The SMILES string of the molecule is B[C@@H]1O[C@H](CO)[C@@](O)(C#C)C1(F)C=C=C(C)C. The lowest BCUT2D eigenvalue weighted by Gasteiger charge is -2.31. The van der Waals surface area contributed by atoms with Crippen molar-refractivity contribution >= 4 is 7.85 Å². The largest absolute Gasteiger partial charge is 0.394 e. The topological polar surface area (TPSA) is 49.7 Å². The van der Waals surface area contributed by atoms with Crippen molar-refractivity contribution in [2.24, 2.45) is 0 Å². The van der Waals surface area contributed by atoms with Crippen LogP contribution >= 0.6 is 0 Å². The Morgan fingerprint density at radius 3 is 2.65 bits per heavy atom. The number of hydrogen-bond donors (Lipinski definition) is 2. The Kier molecular flexibility index (Phi) is 3.86. The van der Waals surface area contributed by atoms with Crippen LogP contribution in [-0.2, 0) is 4.74 Å². The maximum Gasteiger partial charge on any atom is 0.196 e. The van der Waals surface area contributed by atoms with Crippen LogP contribution in [0.15, 0.2) is 17.4 Å². The third-order valence-corrected chi connectivity index (χ3v) is 2.97. The van der Waals surface area contributed by atoms with Crippen LogP contribution in [-0.4, -0.2) is 48.0 Å². The smallest absolute Gasteiger partial charge is 0.196 e. The summed E-state index contributed by atoms with van der Waals surface area (Å²) in [5, 5.41) is 19.3. The van der Waals surface area contributed by atoms with Crippen molar-refractivity contribution in [2.75, 3.05) is 6.61 Å². The van der Waals surface area contributed by atoms with Gasteiger partial charge in [-0.3, -0.25) is 0 Å². The summed E-state index contributed by atoms with van der Waals surface area (Å²) < 4.78 is 20.0. The fourth-order valence-electron chi connectivity index (χ4n) is 1.86. The lowest BCUT2D eigenvalue weighted by molar-refractivity contribution is -0.0526. The van der Waals surface area contributed by atoms with Crippen LogP contribution in [0.3, 0.4) is 0 Å². The van der Waals surface area contributed by atoms with Gasteiger partial charge in [-0.25, -0.2) is 4.39 Å². The van der Waals surface area contributed by atoms with Crippen LogP contribution in [0.1, 0.15) is 13.8 Å². The van der Waals surface area contributed by atoms with Crippen molar-refractivity contribution in [3.8, 4) is 12.3 Å². The van der Waals surface area contributed by atoms with Crippen LogP contribution in [0.25, 0.3) is 0 Å². The van der Waals surface area contributed by atoms with E-state index >= 15 is 0 Å². The maximum absolute atomic E-state index is 14.8. The average Bonchev–Trinajstić information content (AvgIpc) is 2.48. The summed E-state index contributed by atoms with van der Waals surface area (Å²) in [6.07, 6.45) is 5.14. The highest BCUT2D eigenvalue weighted by atomic mass is 19.1. The summed E-state index contributed by atoms with van der Waals surface area (Å²) in [5.74, 6) is 2.00. The summed E-state index contributed by atoms with van der Waals surface area (Å²) in [7, 11) is 1.46. The molecule has 0 aromatic heterocycles. The van der Waals surface area contributed by atoms with E-state index in [9.17, 15) is 9.50 Å². The van der Waals surface area contributed by atoms with E-state index in [-0.39, 0.29) is 0 Å². The molecule has 0 aromatic rings. The summed E-state index contributed by atoms with van der Waals surface area (Å²) in [6, 6.07) is -0.951. The number of alkyl halides is 1. The highest BCUT2D eigenvalue weighted by Gasteiger charge is 2.64. The van der Waals surface area contributed by atoms with Gasteiger partial charge < -0.3 is 14.9 Å². The maximum atomic E-state index is 14.8. The zero-order valence-electron chi connectivity index (χ0n) is 10.2. The second-order valence-electron chi connectivity index (χ2n) is 4.42. The molecule has 0 saturated carbocycles. The first-order valence-corrected chi connectivity index (χ1v) is 5.38. The van der Waals surface area contributed by atoms with E-state index in [4.69, 9.17) is 16.3 Å². The molecule has 17 heavy (non-hydrogen) atoms. The first-order valence-electron chi connectivity index (χ1n) is 5.38. The predicted octanol–water partition coefficient (Wildman–Crippen LogP) is -0.469. The Morgan fingerprint density at radius 1 is 1.65 bits per heavy atom. The van der Waals surface area contributed by atoms with E-state index < -0.39 is 30.0 Å². The van der Waals surface area contributed by atoms with Crippen LogP contribution < -0.4 is 0 Å². The minimum absolute atomic E-state index is 0.542. The van der Waals surface area contributed by atoms with E-state index in [2.05, 4.69) is 5.73 Å². The van der Waals surface area contributed by atoms with Crippen LogP contribution in [0, 0.1) is 12.3 Å². The van der Waals surface area contributed by atoms with Gasteiger partial charge in [0.2, 0.25) is 0 Å². The number of aliphatic hydroxyl groups is 2. The van der Waals surface area contributed by atoms with Gasteiger partial charge in [0.25, 0.3) is 0 Å². The average molecular weight is 238 g/mol. The number of ether oxygens (including phenoxy) is 1. The van der Waals surface area contributed by atoms with E-state index in [0.717, 1.165) is 11.6 Å². The molecular weight excluding hydrogens is 222 g/mol. The fraction of sp³-hybridized carbons (Fsp3) is 0.583. The van der Waals surface area contributed by atoms with Gasteiger partial charge in [-0.1, -0.05) is 5.92 Å². The molecule has 1 rings (SSSR count).